The van der Waals surface area contributed by atoms with Gasteiger partial charge in [0.05, 0.1) is 12.8 Å². The van der Waals surface area contributed by atoms with Crippen molar-refractivity contribution in [1.82, 2.24) is 0 Å². The van der Waals surface area contributed by atoms with Crippen LogP contribution >= 0.6 is 0 Å². The van der Waals surface area contributed by atoms with E-state index in [1.165, 1.54) is 23.6 Å². The predicted molar refractivity (Wildman–Crippen MR) is 76.0 cm³/mol. The number of para-hydroxylation sites is 1. The first kappa shape index (κ1) is 12.8. The minimum absolute atomic E-state index is 0.251. The Morgan fingerprint density at radius 1 is 1.40 bits per heavy atom. The summed E-state index contributed by atoms with van der Waals surface area (Å²) in [6.07, 6.45) is 2.51. The summed E-state index contributed by atoms with van der Waals surface area (Å²) >= 11 is 0. The Balaban J connectivity index is 1.91. The molecule has 0 bridgehead atoms. The molecule has 0 spiro atoms. The van der Waals surface area contributed by atoms with E-state index in [1.807, 2.05) is 12.1 Å². The van der Waals surface area contributed by atoms with Crippen LogP contribution in [0.3, 0.4) is 0 Å². The van der Waals surface area contributed by atoms with Crippen molar-refractivity contribution in [2.24, 2.45) is 5.92 Å². The molecule has 0 saturated heterocycles. The summed E-state index contributed by atoms with van der Waals surface area (Å²) in [5.74, 6) is 0.127. The van der Waals surface area contributed by atoms with Crippen LogP contribution in [0.2, 0.25) is 0 Å². The average Bonchev–Trinajstić information content (AvgIpc) is 2.87. The molecule has 1 aliphatic rings. The summed E-state index contributed by atoms with van der Waals surface area (Å²) in [6, 6.07) is 9.80. The smallest absolute Gasteiger partial charge is 0.339 e. The molecular formula is C16H17NO3. The van der Waals surface area contributed by atoms with E-state index < -0.39 is 5.97 Å². The highest BCUT2D eigenvalue weighted by Crippen LogP contribution is 2.31. The summed E-state index contributed by atoms with van der Waals surface area (Å²) in [5, 5.41) is 9.15. The lowest BCUT2D eigenvalue weighted by Crippen LogP contribution is -2.34. The van der Waals surface area contributed by atoms with Crippen molar-refractivity contribution in [3.63, 3.8) is 0 Å². The van der Waals surface area contributed by atoms with Gasteiger partial charge in [0, 0.05) is 12.2 Å². The maximum Gasteiger partial charge on any atom is 0.339 e. The van der Waals surface area contributed by atoms with Crippen LogP contribution < -0.4 is 4.90 Å². The van der Waals surface area contributed by atoms with Crippen LogP contribution in [0.5, 0.6) is 0 Å². The topological polar surface area (TPSA) is 53.7 Å². The molecule has 1 unspecified atom stereocenters. The highest BCUT2D eigenvalue weighted by Gasteiger charge is 2.24. The van der Waals surface area contributed by atoms with E-state index >= 15 is 0 Å². The lowest BCUT2D eigenvalue weighted by molar-refractivity contribution is 0.0694. The van der Waals surface area contributed by atoms with Gasteiger partial charge in [0.2, 0.25) is 0 Å². The molecule has 0 aliphatic carbocycles. The van der Waals surface area contributed by atoms with E-state index in [-0.39, 0.29) is 5.56 Å². The van der Waals surface area contributed by atoms with Gasteiger partial charge in [-0.15, -0.1) is 0 Å². The normalized spacial score (nSPS) is 17.9. The number of anilines is 1. The van der Waals surface area contributed by atoms with E-state index in [4.69, 9.17) is 9.52 Å². The largest absolute Gasteiger partial charge is 0.478 e. The second kappa shape index (κ2) is 5.04. The molecule has 1 aliphatic heterocycles. The molecule has 2 heterocycles. The molecule has 0 radical (unpaired) electrons. The SMILES string of the molecule is CC1Cc2ccccc2N(Cc2occc2C(=O)O)C1. The van der Waals surface area contributed by atoms with Crippen LogP contribution in [0, 0.1) is 5.92 Å². The van der Waals surface area contributed by atoms with Gasteiger partial charge in [0.25, 0.3) is 0 Å². The zero-order valence-electron chi connectivity index (χ0n) is 11.4. The van der Waals surface area contributed by atoms with E-state index in [9.17, 15) is 4.79 Å². The zero-order chi connectivity index (χ0) is 14.1. The number of hydrogen-bond donors (Lipinski definition) is 1. The number of carboxylic acid groups (broad SMARTS) is 1. The van der Waals surface area contributed by atoms with Gasteiger partial charge in [0.1, 0.15) is 11.3 Å². The number of nitrogens with zero attached hydrogens (tertiary/aromatic N) is 1. The molecule has 104 valence electrons. The molecular weight excluding hydrogens is 254 g/mol. The molecule has 0 amide bonds. The molecule has 4 heteroatoms. The van der Waals surface area contributed by atoms with Crippen LogP contribution in [0.25, 0.3) is 0 Å². The van der Waals surface area contributed by atoms with Crippen LogP contribution in [-0.2, 0) is 13.0 Å². The first-order valence-electron chi connectivity index (χ1n) is 6.77. The van der Waals surface area contributed by atoms with Gasteiger partial charge < -0.3 is 14.4 Å². The molecule has 1 atom stereocenters. The Morgan fingerprint density at radius 3 is 3.00 bits per heavy atom. The third-order valence-corrected chi connectivity index (χ3v) is 3.74. The lowest BCUT2D eigenvalue weighted by Gasteiger charge is -2.34. The minimum Gasteiger partial charge on any atom is -0.478 e. The first-order chi connectivity index (χ1) is 9.65. The Bertz CT molecular complexity index is 632. The maximum absolute atomic E-state index is 11.2. The Labute approximate surface area is 117 Å². The van der Waals surface area contributed by atoms with Crippen LogP contribution in [-0.4, -0.2) is 17.6 Å². The van der Waals surface area contributed by atoms with Crippen LogP contribution in [0.15, 0.2) is 41.0 Å². The molecule has 0 fully saturated rings. The summed E-state index contributed by atoms with van der Waals surface area (Å²) < 4.78 is 5.36. The summed E-state index contributed by atoms with van der Waals surface area (Å²) in [7, 11) is 0. The number of furan rings is 1. The van der Waals surface area contributed by atoms with Crippen molar-refractivity contribution in [3.8, 4) is 0 Å². The third kappa shape index (κ3) is 2.29. The fourth-order valence-corrected chi connectivity index (χ4v) is 2.88. The lowest BCUT2D eigenvalue weighted by atomic mass is 9.94. The second-order valence-electron chi connectivity index (χ2n) is 5.38. The summed E-state index contributed by atoms with van der Waals surface area (Å²) in [6.45, 7) is 3.62. The van der Waals surface area contributed by atoms with Gasteiger partial charge in [-0.3, -0.25) is 0 Å². The number of fused-ring (bicyclic) bond motifs is 1. The van der Waals surface area contributed by atoms with Gasteiger partial charge in [-0.25, -0.2) is 4.79 Å². The third-order valence-electron chi connectivity index (χ3n) is 3.74. The fraction of sp³-hybridized carbons (Fsp3) is 0.312. The molecule has 20 heavy (non-hydrogen) atoms. The van der Waals surface area contributed by atoms with Crippen molar-refractivity contribution in [2.75, 3.05) is 11.4 Å². The van der Waals surface area contributed by atoms with Crippen molar-refractivity contribution < 1.29 is 14.3 Å². The van der Waals surface area contributed by atoms with E-state index in [2.05, 4.69) is 24.0 Å². The quantitative estimate of drug-likeness (QED) is 0.931. The van der Waals surface area contributed by atoms with E-state index in [0.29, 0.717) is 18.2 Å². The zero-order valence-corrected chi connectivity index (χ0v) is 11.4. The highest BCUT2D eigenvalue weighted by molar-refractivity contribution is 5.88. The number of hydrogen-bond acceptors (Lipinski definition) is 3. The Kier molecular flexibility index (Phi) is 3.22. The number of benzene rings is 1. The highest BCUT2D eigenvalue weighted by atomic mass is 16.4. The molecule has 2 aromatic rings. The standard InChI is InChI=1S/C16H17NO3/c1-11-8-12-4-2-3-5-14(12)17(9-11)10-15-13(16(18)19)6-7-20-15/h2-7,11H,8-10H2,1H3,(H,18,19). The number of aromatic carboxylic acids is 1. The molecule has 0 saturated carbocycles. The van der Waals surface area contributed by atoms with Crippen molar-refractivity contribution in [3.05, 3.63) is 53.5 Å². The average molecular weight is 271 g/mol. The van der Waals surface area contributed by atoms with E-state index in [1.54, 1.807) is 0 Å². The molecule has 3 rings (SSSR count). The minimum atomic E-state index is -0.938. The number of carbonyl (C=O) groups is 1. The maximum atomic E-state index is 11.2. The monoisotopic (exact) mass is 271 g/mol. The molecule has 1 N–H and O–H groups in total. The summed E-state index contributed by atoms with van der Waals surface area (Å²) in [5.41, 5.74) is 2.74. The van der Waals surface area contributed by atoms with Crippen LogP contribution in [0.1, 0.15) is 28.6 Å². The second-order valence-corrected chi connectivity index (χ2v) is 5.38. The Morgan fingerprint density at radius 2 is 2.20 bits per heavy atom. The Hall–Kier alpha value is -2.23. The van der Waals surface area contributed by atoms with Crippen LogP contribution in [0.4, 0.5) is 5.69 Å². The predicted octanol–water partition coefficient (Wildman–Crippen LogP) is 3.18. The molecule has 4 nitrogen and oxygen atoms in total. The van der Waals surface area contributed by atoms with E-state index in [0.717, 1.165) is 13.0 Å². The number of rotatable bonds is 3. The van der Waals surface area contributed by atoms with Gasteiger partial charge in [0.15, 0.2) is 0 Å². The van der Waals surface area contributed by atoms with Crippen molar-refractivity contribution in [2.45, 2.75) is 19.9 Å². The summed E-state index contributed by atoms with van der Waals surface area (Å²) in [4.78, 5) is 13.4. The van der Waals surface area contributed by atoms with Crippen molar-refractivity contribution >= 4 is 11.7 Å². The van der Waals surface area contributed by atoms with Gasteiger partial charge in [-0.05, 0) is 30.0 Å². The van der Waals surface area contributed by atoms with Gasteiger partial charge in [-0.1, -0.05) is 25.1 Å². The van der Waals surface area contributed by atoms with Gasteiger partial charge >= 0.3 is 5.97 Å². The van der Waals surface area contributed by atoms with Gasteiger partial charge in [-0.2, -0.15) is 0 Å². The molecule has 1 aromatic carbocycles. The first-order valence-corrected chi connectivity index (χ1v) is 6.77. The fourth-order valence-electron chi connectivity index (χ4n) is 2.88. The van der Waals surface area contributed by atoms with Crippen molar-refractivity contribution in [1.29, 1.82) is 0 Å². The molecule has 1 aromatic heterocycles. The number of carboxylic acids is 1.